The van der Waals surface area contributed by atoms with Crippen LogP contribution in [0.2, 0.25) is 0 Å². The second-order valence-corrected chi connectivity index (χ2v) is 3.55. The predicted molar refractivity (Wildman–Crippen MR) is 48.2 cm³/mol. The van der Waals surface area contributed by atoms with Crippen LogP contribution in [0.4, 0.5) is 5.69 Å². The molecule has 0 saturated carbocycles. The Hall–Kier alpha value is -0.870. The van der Waals surface area contributed by atoms with E-state index < -0.39 is 11.1 Å². The van der Waals surface area contributed by atoms with Crippen LogP contribution in [0.15, 0.2) is 18.2 Å². The van der Waals surface area contributed by atoms with Gasteiger partial charge in [0.2, 0.25) is 0 Å². The largest absolute Gasteiger partial charge is 0.772 e. The van der Waals surface area contributed by atoms with Crippen molar-refractivity contribution in [1.82, 2.24) is 0 Å². The smallest absolute Gasteiger partial charge is 0.0373 e. The van der Waals surface area contributed by atoms with Gasteiger partial charge < -0.3 is 10.3 Å². The third-order valence-corrected chi connectivity index (χ3v) is 2.12. The summed E-state index contributed by atoms with van der Waals surface area (Å²) in [5.41, 5.74) is 7.78. The molecular formula is C8H10NO2S-. The van der Waals surface area contributed by atoms with Crippen LogP contribution in [0, 0.1) is 6.92 Å². The molecule has 1 atom stereocenters. The number of nitrogen functional groups attached to an aromatic ring is 1. The van der Waals surface area contributed by atoms with Gasteiger partial charge in [0.05, 0.1) is 0 Å². The summed E-state index contributed by atoms with van der Waals surface area (Å²) >= 11 is -2.07. The van der Waals surface area contributed by atoms with E-state index in [4.69, 9.17) is 5.73 Å². The van der Waals surface area contributed by atoms with Crippen LogP contribution >= 0.6 is 0 Å². The molecule has 4 heteroatoms. The van der Waals surface area contributed by atoms with Gasteiger partial charge in [0, 0.05) is 11.4 Å². The number of aryl methyl sites for hydroxylation is 1. The lowest BCUT2D eigenvalue weighted by Crippen LogP contribution is -1.99. The van der Waals surface area contributed by atoms with Crippen LogP contribution in [-0.2, 0) is 16.8 Å². The van der Waals surface area contributed by atoms with Gasteiger partial charge in [-0.15, -0.1) is 0 Å². The highest BCUT2D eigenvalue weighted by molar-refractivity contribution is 7.78. The maximum absolute atomic E-state index is 10.4. The molecule has 0 bridgehead atoms. The van der Waals surface area contributed by atoms with E-state index in [0.29, 0.717) is 11.3 Å². The van der Waals surface area contributed by atoms with Gasteiger partial charge in [0.1, 0.15) is 0 Å². The number of benzene rings is 1. The van der Waals surface area contributed by atoms with Crippen LogP contribution in [0.25, 0.3) is 0 Å². The molecule has 0 spiro atoms. The van der Waals surface area contributed by atoms with Crippen LogP contribution in [0.1, 0.15) is 11.1 Å². The van der Waals surface area contributed by atoms with Gasteiger partial charge in [-0.05, 0) is 18.6 Å². The predicted octanol–water partition coefficient (Wildman–Crippen LogP) is 0.956. The molecule has 3 nitrogen and oxygen atoms in total. The van der Waals surface area contributed by atoms with Gasteiger partial charge in [-0.2, -0.15) is 0 Å². The molecule has 1 aromatic rings. The van der Waals surface area contributed by atoms with E-state index in [9.17, 15) is 8.76 Å². The number of anilines is 1. The summed E-state index contributed by atoms with van der Waals surface area (Å²) in [5.74, 6) is -0.00644. The fourth-order valence-electron chi connectivity index (χ4n) is 0.986. The zero-order chi connectivity index (χ0) is 9.14. The minimum atomic E-state index is -2.07. The fraction of sp³-hybridized carbons (Fsp3) is 0.250. The maximum Gasteiger partial charge on any atom is 0.0373 e. The monoisotopic (exact) mass is 184 g/mol. The van der Waals surface area contributed by atoms with Crippen LogP contribution in [0.5, 0.6) is 0 Å². The number of rotatable bonds is 2. The average molecular weight is 184 g/mol. The molecule has 0 aliphatic carbocycles. The third-order valence-electron chi connectivity index (χ3n) is 1.57. The zero-order valence-electron chi connectivity index (χ0n) is 6.74. The molecule has 0 fully saturated rings. The van der Waals surface area contributed by atoms with Crippen LogP contribution < -0.4 is 5.73 Å². The van der Waals surface area contributed by atoms with Gasteiger partial charge in [-0.1, -0.05) is 28.8 Å². The Morgan fingerprint density at radius 3 is 2.83 bits per heavy atom. The summed E-state index contributed by atoms with van der Waals surface area (Å²) in [4.78, 5) is 0. The van der Waals surface area contributed by atoms with E-state index in [1.807, 2.05) is 13.0 Å². The summed E-state index contributed by atoms with van der Waals surface area (Å²) in [6.07, 6.45) is 0. The van der Waals surface area contributed by atoms with Crippen LogP contribution in [0.3, 0.4) is 0 Å². The molecular weight excluding hydrogens is 174 g/mol. The zero-order valence-corrected chi connectivity index (χ0v) is 7.56. The standard InChI is InChI=1S/C8H11NO2S/c1-6-2-3-8(9)7(4-6)5-12(10)11/h2-4H,5,9H2,1H3,(H,10,11)/p-1. The highest BCUT2D eigenvalue weighted by Gasteiger charge is 1.98. The topological polar surface area (TPSA) is 66.2 Å². The Balaban J connectivity index is 2.97. The molecule has 2 N–H and O–H groups in total. The van der Waals surface area contributed by atoms with Crippen molar-refractivity contribution in [2.24, 2.45) is 0 Å². The van der Waals surface area contributed by atoms with Gasteiger partial charge in [0.15, 0.2) is 0 Å². The van der Waals surface area contributed by atoms with Crippen molar-refractivity contribution in [3.8, 4) is 0 Å². The minimum absolute atomic E-state index is 0.00644. The second-order valence-electron chi connectivity index (χ2n) is 2.65. The van der Waals surface area contributed by atoms with Gasteiger partial charge >= 0.3 is 0 Å². The first-order chi connectivity index (χ1) is 5.59. The number of hydrogen-bond acceptors (Lipinski definition) is 3. The summed E-state index contributed by atoms with van der Waals surface area (Å²) in [6.45, 7) is 1.90. The molecule has 12 heavy (non-hydrogen) atoms. The highest BCUT2D eigenvalue weighted by atomic mass is 32.2. The van der Waals surface area contributed by atoms with Crippen molar-refractivity contribution in [2.45, 2.75) is 12.7 Å². The molecule has 1 unspecified atom stereocenters. The minimum Gasteiger partial charge on any atom is -0.772 e. The molecule has 0 aromatic heterocycles. The summed E-state index contributed by atoms with van der Waals surface area (Å²) < 4.78 is 20.8. The SMILES string of the molecule is Cc1ccc(N)c(CS(=O)[O-])c1. The first-order valence-electron chi connectivity index (χ1n) is 3.50. The summed E-state index contributed by atoms with van der Waals surface area (Å²) in [7, 11) is 0. The average Bonchev–Trinajstić information content (AvgIpc) is 1.96. The Kier molecular flexibility index (Phi) is 2.83. The lowest BCUT2D eigenvalue weighted by molar-refractivity contribution is 0.536. The molecule has 0 radical (unpaired) electrons. The molecule has 1 rings (SSSR count). The Morgan fingerprint density at radius 1 is 1.58 bits per heavy atom. The number of nitrogens with two attached hydrogens (primary N) is 1. The first kappa shape index (κ1) is 9.22. The van der Waals surface area contributed by atoms with Crippen molar-refractivity contribution in [3.63, 3.8) is 0 Å². The normalized spacial score (nSPS) is 12.8. The van der Waals surface area contributed by atoms with E-state index in [1.54, 1.807) is 12.1 Å². The van der Waals surface area contributed by atoms with E-state index in [2.05, 4.69) is 0 Å². The quantitative estimate of drug-likeness (QED) is 0.550. The van der Waals surface area contributed by atoms with Crippen LogP contribution in [-0.4, -0.2) is 8.76 Å². The Morgan fingerprint density at radius 2 is 2.25 bits per heavy atom. The number of hydrogen-bond donors (Lipinski definition) is 1. The molecule has 0 aliphatic heterocycles. The van der Waals surface area contributed by atoms with Crippen molar-refractivity contribution < 1.29 is 8.76 Å². The molecule has 66 valence electrons. The molecule has 0 amide bonds. The lowest BCUT2D eigenvalue weighted by Gasteiger charge is -2.08. The molecule has 1 aromatic carbocycles. The molecule has 0 saturated heterocycles. The van der Waals surface area contributed by atoms with Crippen molar-refractivity contribution >= 4 is 16.8 Å². The van der Waals surface area contributed by atoms with E-state index in [-0.39, 0.29) is 5.75 Å². The van der Waals surface area contributed by atoms with Gasteiger partial charge in [0.25, 0.3) is 0 Å². The molecule has 0 heterocycles. The fourth-order valence-corrected chi connectivity index (χ4v) is 1.49. The first-order valence-corrected chi connectivity index (χ1v) is 4.75. The summed E-state index contributed by atoms with van der Waals surface area (Å²) in [6, 6.07) is 5.36. The third kappa shape index (κ3) is 2.32. The maximum atomic E-state index is 10.4. The summed E-state index contributed by atoms with van der Waals surface area (Å²) in [5, 5.41) is 0. The van der Waals surface area contributed by atoms with E-state index in [0.717, 1.165) is 5.56 Å². The lowest BCUT2D eigenvalue weighted by atomic mass is 10.1. The Bertz CT molecular complexity index is 312. The highest BCUT2D eigenvalue weighted by Crippen LogP contribution is 2.14. The van der Waals surface area contributed by atoms with E-state index >= 15 is 0 Å². The van der Waals surface area contributed by atoms with Gasteiger partial charge in [-0.3, -0.25) is 4.21 Å². The van der Waals surface area contributed by atoms with Crippen molar-refractivity contribution in [1.29, 1.82) is 0 Å². The second kappa shape index (κ2) is 3.69. The molecule has 0 aliphatic rings. The Labute approximate surface area is 73.9 Å². The van der Waals surface area contributed by atoms with Crippen molar-refractivity contribution in [3.05, 3.63) is 29.3 Å². The van der Waals surface area contributed by atoms with Crippen molar-refractivity contribution in [2.75, 3.05) is 5.73 Å². The van der Waals surface area contributed by atoms with E-state index in [1.165, 1.54) is 0 Å². The van der Waals surface area contributed by atoms with Gasteiger partial charge in [-0.25, -0.2) is 0 Å².